The molecule has 0 spiro atoms. The minimum atomic E-state index is -1.43. The van der Waals surface area contributed by atoms with Crippen molar-refractivity contribution >= 4 is 18.0 Å². The maximum absolute atomic E-state index is 11.5. The molecule has 0 aromatic rings. The van der Waals surface area contributed by atoms with E-state index in [0.717, 1.165) is 13.1 Å². The van der Waals surface area contributed by atoms with Crippen LogP contribution in [0.2, 0.25) is 0 Å². The van der Waals surface area contributed by atoms with Gasteiger partial charge in [-0.3, -0.25) is 9.69 Å². The van der Waals surface area contributed by atoms with Gasteiger partial charge in [0.2, 0.25) is 0 Å². The fraction of sp³-hybridized carbons (Fsp3) is 0.727. The summed E-state index contributed by atoms with van der Waals surface area (Å²) in [5.41, 5.74) is 0. The van der Waals surface area contributed by atoms with Crippen LogP contribution in [0, 0.1) is 0 Å². The predicted molar refractivity (Wildman–Crippen MR) is 67.5 cm³/mol. The highest BCUT2D eigenvalue weighted by Gasteiger charge is 2.22. The van der Waals surface area contributed by atoms with Gasteiger partial charge in [0, 0.05) is 26.2 Å². The van der Waals surface area contributed by atoms with E-state index in [1.165, 1.54) is 0 Å². The number of carboxylic acid groups (broad SMARTS) is 2. The Kier molecular flexibility index (Phi) is 6.74. The zero-order valence-electron chi connectivity index (χ0n) is 11.0. The second-order valence-electron chi connectivity index (χ2n) is 4.34. The van der Waals surface area contributed by atoms with E-state index in [0.29, 0.717) is 26.3 Å². The third-order valence-electron chi connectivity index (χ3n) is 2.80. The lowest BCUT2D eigenvalue weighted by molar-refractivity contribution is -0.145. The van der Waals surface area contributed by atoms with Gasteiger partial charge in [0.25, 0.3) is 0 Å². The number of urea groups is 1. The molecule has 0 aromatic heterocycles. The molecule has 1 aliphatic rings. The summed E-state index contributed by atoms with van der Waals surface area (Å²) >= 11 is 0. The second kappa shape index (κ2) is 8.33. The van der Waals surface area contributed by atoms with Crippen LogP contribution in [-0.4, -0.2) is 78.5 Å². The summed E-state index contributed by atoms with van der Waals surface area (Å²) in [6, 6.07) is -2.12. The first-order valence-electron chi connectivity index (χ1n) is 6.28. The Morgan fingerprint density at radius 2 is 1.85 bits per heavy atom. The van der Waals surface area contributed by atoms with Crippen molar-refractivity contribution in [1.29, 1.82) is 0 Å². The van der Waals surface area contributed by atoms with Crippen LogP contribution in [0.25, 0.3) is 0 Å². The lowest BCUT2D eigenvalue weighted by atomic mass is 10.2. The zero-order valence-corrected chi connectivity index (χ0v) is 11.0. The lowest BCUT2D eigenvalue weighted by Crippen LogP contribution is -2.49. The topological polar surface area (TPSA) is 128 Å². The van der Waals surface area contributed by atoms with Gasteiger partial charge in [0.05, 0.1) is 19.6 Å². The Labute approximate surface area is 115 Å². The van der Waals surface area contributed by atoms with Crippen molar-refractivity contribution in [2.75, 3.05) is 39.4 Å². The second-order valence-corrected chi connectivity index (χ2v) is 4.34. The molecule has 0 saturated carbocycles. The fourth-order valence-corrected chi connectivity index (χ4v) is 1.74. The van der Waals surface area contributed by atoms with E-state index >= 15 is 0 Å². The molecular weight excluding hydrogens is 270 g/mol. The molecule has 0 aromatic carbocycles. The third kappa shape index (κ3) is 6.34. The highest BCUT2D eigenvalue weighted by molar-refractivity contribution is 5.86. The summed E-state index contributed by atoms with van der Waals surface area (Å²) in [5.74, 6) is -2.67. The average molecular weight is 289 g/mol. The molecular formula is C11H19N3O6. The number of rotatable bonds is 7. The molecule has 1 atom stereocenters. The molecule has 9 heteroatoms. The van der Waals surface area contributed by atoms with E-state index in [-0.39, 0.29) is 0 Å². The molecule has 114 valence electrons. The van der Waals surface area contributed by atoms with Crippen molar-refractivity contribution in [3.8, 4) is 0 Å². The molecule has 2 amide bonds. The number of nitrogens with zero attached hydrogens (tertiary/aromatic N) is 1. The number of carbonyl (C=O) groups excluding carboxylic acids is 1. The number of hydrogen-bond donors (Lipinski definition) is 4. The normalized spacial score (nSPS) is 17.2. The van der Waals surface area contributed by atoms with Crippen LogP contribution >= 0.6 is 0 Å². The van der Waals surface area contributed by atoms with E-state index in [2.05, 4.69) is 15.5 Å². The number of aliphatic carboxylic acids is 2. The van der Waals surface area contributed by atoms with Gasteiger partial charge < -0.3 is 25.6 Å². The minimum Gasteiger partial charge on any atom is -0.481 e. The third-order valence-corrected chi connectivity index (χ3v) is 2.80. The molecule has 1 heterocycles. The van der Waals surface area contributed by atoms with Gasteiger partial charge in [-0.2, -0.15) is 0 Å². The van der Waals surface area contributed by atoms with Gasteiger partial charge in [-0.05, 0) is 0 Å². The van der Waals surface area contributed by atoms with Crippen molar-refractivity contribution < 1.29 is 29.3 Å². The van der Waals surface area contributed by atoms with Gasteiger partial charge in [-0.15, -0.1) is 0 Å². The van der Waals surface area contributed by atoms with Crippen LogP contribution in [-0.2, 0) is 14.3 Å². The number of ether oxygens (including phenoxy) is 1. The van der Waals surface area contributed by atoms with Gasteiger partial charge in [-0.25, -0.2) is 9.59 Å². The molecule has 1 rings (SSSR count). The SMILES string of the molecule is O=C(O)C[C@H](NC(=O)NCCN1CCOCC1)C(=O)O. The molecule has 1 fully saturated rings. The van der Waals surface area contributed by atoms with E-state index in [4.69, 9.17) is 14.9 Å². The summed E-state index contributed by atoms with van der Waals surface area (Å²) in [6.45, 7) is 3.89. The quantitative estimate of drug-likeness (QED) is 0.451. The molecule has 0 aliphatic carbocycles. The van der Waals surface area contributed by atoms with Crippen LogP contribution in [0.15, 0.2) is 0 Å². The minimum absolute atomic E-state index is 0.352. The summed E-state index contributed by atoms with van der Waals surface area (Å²) in [5, 5.41) is 21.9. The van der Waals surface area contributed by atoms with Crippen LogP contribution in [0.5, 0.6) is 0 Å². The standard InChI is InChI=1S/C11H19N3O6/c15-9(16)7-8(10(17)18)13-11(19)12-1-2-14-3-5-20-6-4-14/h8H,1-7H2,(H,15,16)(H,17,18)(H2,12,13,19)/t8-/m0/s1. The number of nitrogens with one attached hydrogen (secondary N) is 2. The van der Waals surface area contributed by atoms with E-state index in [1.807, 2.05) is 0 Å². The Hall–Kier alpha value is -1.87. The van der Waals surface area contributed by atoms with Gasteiger partial charge >= 0.3 is 18.0 Å². The first-order chi connectivity index (χ1) is 9.49. The number of carboxylic acids is 2. The molecule has 1 saturated heterocycles. The molecule has 1 aliphatic heterocycles. The van der Waals surface area contributed by atoms with Crippen LogP contribution in [0.3, 0.4) is 0 Å². The molecule has 0 unspecified atom stereocenters. The van der Waals surface area contributed by atoms with Crippen LogP contribution in [0.1, 0.15) is 6.42 Å². The summed E-state index contributed by atoms with van der Waals surface area (Å²) in [4.78, 5) is 34.8. The predicted octanol–water partition coefficient (Wildman–Crippen LogP) is -1.45. The summed E-state index contributed by atoms with van der Waals surface area (Å²) in [6.07, 6.45) is -0.660. The van der Waals surface area contributed by atoms with Gasteiger partial charge in [0.1, 0.15) is 6.04 Å². The van der Waals surface area contributed by atoms with Crippen molar-refractivity contribution in [3.63, 3.8) is 0 Å². The van der Waals surface area contributed by atoms with Crippen molar-refractivity contribution in [1.82, 2.24) is 15.5 Å². The van der Waals surface area contributed by atoms with Crippen molar-refractivity contribution in [2.24, 2.45) is 0 Å². The highest BCUT2D eigenvalue weighted by Crippen LogP contribution is 1.95. The average Bonchev–Trinajstić information content (AvgIpc) is 2.38. The molecule has 20 heavy (non-hydrogen) atoms. The zero-order chi connectivity index (χ0) is 15.0. The monoisotopic (exact) mass is 289 g/mol. The van der Waals surface area contributed by atoms with E-state index in [9.17, 15) is 14.4 Å². The highest BCUT2D eigenvalue weighted by atomic mass is 16.5. The van der Waals surface area contributed by atoms with Crippen molar-refractivity contribution in [2.45, 2.75) is 12.5 Å². The molecule has 0 bridgehead atoms. The largest absolute Gasteiger partial charge is 0.481 e. The number of carbonyl (C=O) groups is 3. The molecule has 9 nitrogen and oxygen atoms in total. The van der Waals surface area contributed by atoms with Crippen LogP contribution < -0.4 is 10.6 Å². The maximum atomic E-state index is 11.5. The summed E-state index contributed by atoms with van der Waals surface area (Å²) < 4.78 is 5.18. The maximum Gasteiger partial charge on any atom is 0.326 e. The van der Waals surface area contributed by atoms with Gasteiger partial charge in [0.15, 0.2) is 0 Å². The summed E-state index contributed by atoms with van der Waals surface area (Å²) in [7, 11) is 0. The first-order valence-corrected chi connectivity index (χ1v) is 6.28. The molecule has 4 N–H and O–H groups in total. The molecule has 0 radical (unpaired) electrons. The van der Waals surface area contributed by atoms with Gasteiger partial charge in [-0.1, -0.05) is 0 Å². The Bertz CT molecular complexity index is 356. The Morgan fingerprint density at radius 3 is 2.40 bits per heavy atom. The Morgan fingerprint density at radius 1 is 1.20 bits per heavy atom. The number of hydrogen-bond acceptors (Lipinski definition) is 5. The smallest absolute Gasteiger partial charge is 0.326 e. The number of amides is 2. The van der Waals surface area contributed by atoms with Crippen LogP contribution in [0.4, 0.5) is 4.79 Å². The fourth-order valence-electron chi connectivity index (χ4n) is 1.74. The van der Waals surface area contributed by atoms with E-state index < -0.39 is 30.4 Å². The van der Waals surface area contributed by atoms with Crippen molar-refractivity contribution in [3.05, 3.63) is 0 Å². The Balaban J connectivity index is 2.23. The van der Waals surface area contributed by atoms with E-state index in [1.54, 1.807) is 0 Å². The number of morpholine rings is 1. The lowest BCUT2D eigenvalue weighted by Gasteiger charge is -2.26. The first kappa shape index (κ1) is 16.2.